The summed E-state index contributed by atoms with van der Waals surface area (Å²) in [5.41, 5.74) is 2.87. The Labute approximate surface area is 163 Å². The maximum atomic E-state index is 12.3. The average molecular weight is 377 g/mol. The highest BCUT2D eigenvalue weighted by molar-refractivity contribution is 5.76. The highest BCUT2D eigenvalue weighted by Gasteiger charge is 2.25. The predicted molar refractivity (Wildman–Crippen MR) is 106 cm³/mol. The van der Waals surface area contributed by atoms with Crippen LogP contribution in [0.5, 0.6) is 0 Å². The van der Waals surface area contributed by atoms with Crippen molar-refractivity contribution in [2.24, 2.45) is 7.05 Å². The van der Waals surface area contributed by atoms with Crippen LogP contribution in [-0.4, -0.2) is 49.8 Å². The Hall–Kier alpha value is -3.29. The van der Waals surface area contributed by atoms with Gasteiger partial charge in [0.15, 0.2) is 0 Å². The summed E-state index contributed by atoms with van der Waals surface area (Å²) in [6, 6.07) is 7.81. The van der Waals surface area contributed by atoms with Gasteiger partial charge in [0.2, 0.25) is 11.9 Å². The van der Waals surface area contributed by atoms with Gasteiger partial charge in [0.25, 0.3) is 0 Å². The Kier molecular flexibility index (Phi) is 5.27. The Morgan fingerprint density at radius 2 is 2.18 bits per heavy atom. The Bertz CT molecular complexity index is 940. The number of pyridine rings is 1. The van der Waals surface area contributed by atoms with Crippen LogP contribution in [0, 0.1) is 0 Å². The van der Waals surface area contributed by atoms with E-state index in [0.29, 0.717) is 25.3 Å². The second-order valence-corrected chi connectivity index (χ2v) is 6.93. The number of nitrogens with one attached hydrogen (secondary N) is 1. The summed E-state index contributed by atoms with van der Waals surface area (Å²) < 4.78 is 1.80. The Morgan fingerprint density at radius 1 is 1.25 bits per heavy atom. The number of carbonyl (C=O) groups excluding carboxylic acids is 1. The number of amides is 1. The summed E-state index contributed by atoms with van der Waals surface area (Å²) in [5.74, 6) is 0.756. The fourth-order valence-electron chi connectivity index (χ4n) is 3.42. The van der Waals surface area contributed by atoms with Gasteiger partial charge in [-0.25, -0.2) is 9.97 Å². The van der Waals surface area contributed by atoms with Gasteiger partial charge in [0, 0.05) is 68.6 Å². The molecule has 4 rings (SSSR count). The number of hydrogen-bond donors (Lipinski definition) is 1. The van der Waals surface area contributed by atoms with Gasteiger partial charge in [0.05, 0.1) is 5.69 Å². The summed E-state index contributed by atoms with van der Waals surface area (Å²) >= 11 is 0. The van der Waals surface area contributed by atoms with E-state index in [2.05, 4.69) is 30.3 Å². The van der Waals surface area contributed by atoms with Crippen molar-refractivity contribution in [2.45, 2.75) is 25.3 Å². The lowest BCUT2D eigenvalue weighted by Crippen LogP contribution is -2.37. The smallest absolute Gasteiger partial charge is 0.225 e. The number of hydrogen-bond acceptors (Lipinski definition) is 6. The molecule has 1 N–H and O–H groups in total. The van der Waals surface area contributed by atoms with Gasteiger partial charge in [-0.1, -0.05) is 0 Å². The zero-order valence-corrected chi connectivity index (χ0v) is 15.8. The molecule has 1 aliphatic heterocycles. The minimum absolute atomic E-state index is 0.0677. The van der Waals surface area contributed by atoms with E-state index < -0.39 is 0 Å². The number of carbonyl (C=O) groups is 1. The van der Waals surface area contributed by atoms with Gasteiger partial charge in [0.1, 0.15) is 0 Å². The minimum Gasteiger partial charge on any atom is -0.352 e. The summed E-state index contributed by atoms with van der Waals surface area (Å²) in [6.45, 7) is 1.54. The number of nitrogens with zero attached hydrogens (tertiary/aromatic N) is 6. The molecule has 1 aliphatic rings. The molecule has 4 heterocycles. The van der Waals surface area contributed by atoms with E-state index in [1.54, 1.807) is 29.5 Å². The van der Waals surface area contributed by atoms with Crippen LogP contribution in [0.4, 0.5) is 5.95 Å². The van der Waals surface area contributed by atoms with Crippen LogP contribution < -0.4 is 10.2 Å². The zero-order valence-electron chi connectivity index (χ0n) is 15.8. The largest absolute Gasteiger partial charge is 0.352 e. The van der Waals surface area contributed by atoms with Crippen molar-refractivity contribution in [1.82, 2.24) is 30.0 Å². The molecule has 8 nitrogen and oxygen atoms in total. The molecule has 1 atom stereocenters. The van der Waals surface area contributed by atoms with Crippen molar-refractivity contribution < 1.29 is 4.79 Å². The molecule has 1 fully saturated rings. The molecule has 1 amide bonds. The second kappa shape index (κ2) is 8.16. The maximum absolute atomic E-state index is 12.3. The summed E-state index contributed by atoms with van der Waals surface area (Å²) in [7, 11) is 1.89. The van der Waals surface area contributed by atoms with Crippen molar-refractivity contribution in [3.05, 3.63) is 54.7 Å². The molecule has 0 radical (unpaired) electrons. The number of aryl methyl sites for hydroxylation is 2. The molecular weight excluding hydrogens is 354 g/mol. The Morgan fingerprint density at radius 3 is 2.96 bits per heavy atom. The van der Waals surface area contributed by atoms with Gasteiger partial charge in [-0.15, -0.1) is 0 Å². The topological polar surface area (TPSA) is 88.8 Å². The molecule has 144 valence electrons. The van der Waals surface area contributed by atoms with Gasteiger partial charge in [-0.05, 0) is 37.1 Å². The third-order valence-electron chi connectivity index (χ3n) is 4.97. The van der Waals surface area contributed by atoms with Crippen LogP contribution in [0.25, 0.3) is 11.3 Å². The zero-order chi connectivity index (χ0) is 19.3. The van der Waals surface area contributed by atoms with Gasteiger partial charge < -0.3 is 10.2 Å². The van der Waals surface area contributed by atoms with Crippen molar-refractivity contribution in [3.8, 4) is 11.3 Å². The lowest BCUT2D eigenvalue weighted by molar-refractivity contribution is -0.121. The average Bonchev–Trinajstić information content (AvgIpc) is 3.36. The van der Waals surface area contributed by atoms with Crippen LogP contribution in [0.1, 0.15) is 18.5 Å². The third kappa shape index (κ3) is 4.16. The van der Waals surface area contributed by atoms with Crippen molar-refractivity contribution in [3.63, 3.8) is 0 Å². The molecule has 0 aliphatic carbocycles. The molecule has 8 heteroatoms. The van der Waals surface area contributed by atoms with Crippen molar-refractivity contribution in [2.75, 3.05) is 18.0 Å². The first-order valence-electron chi connectivity index (χ1n) is 9.43. The van der Waals surface area contributed by atoms with E-state index in [4.69, 9.17) is 0 Å². The van der Waals surface area contributed by atoms with Crippen LogP contribution in [0.15, 0.2) is 49.1 Å². The van der Waals surface area contributed by atoms with Crippen LogP contribution in [0.2, 0.25) is 0 Å². The van der Waals surface area contributed by atoms with Gasteiger partial charge in [-0.2, -0.15) is 5.10 Å². The number of anilines is 1. The molecule has 0 spiro atoms. The first kappa shape index (κ1) is 18.1. The molecule has 3 aromatic heterocycles. The maximum Gasteiger partial charge on any atom is 0.225 e. The fourth-order valence-corrected chi connectivity index (χ4v) is 3.42. The van der Waals surface area contributed by atoms with E-state index in [0.717, 1.165) is 29.9 Å². The molecule has 1 unspecified atom stereocenters. The molecular formula is C20H23N7O. The van der Waals surface area contributed by atoms with Crippen LogP contribution in [0.3, 0.4) is 0 Å². The molecule has 0 saturated carbocycles. The van der Waals surface area contributed by atoms with E-state index in [-0.39, 0.29) is 11.9 Å². The normalized spacial score (nSPS) is 16.3. The van der Waals surface area contributed by atoms with E-state index >= 15 is 0 Å². The fraction of sp³-hybridized carbons (Fsp3) is 0.350. The van der Waals surface area contributed by atoms with Gasteiger partial charge >= 0.3 is 0 Å². The van der Waals surface area contributed by atoms with Crippen molar-refractivity contribution in [1.29, 1.82) is 0 Å². The number of rotatable bonds is 6. The van der Waals surface area contributed by atoms with E-state index in [1.165, 1.54) is 0 Å². The molecule has 0 aromatic carbocycles. The first-order chi connectivity index (χ1) is 13.7. The van der Waals surface area contributed by atoms with E-state index in [9.17, 15) is 4.79 Å². The van der Waals surface area contributed by atoms with E-state index in [1.807, 2.05) is 31.3 Å². The molecule has 1 saturated heterocycles. The minimum atomic E-state index is 0.0677. The lowest BCUT2D eigenvalue weighted by atomic mass is 10.2. The van der Waals surface area contributed by atoms with Crippen LogP contribution in [-0.2, 0) is 18.3 Å². The third-order valence-corrected chi connectivity index (χ3v) is 4.97. The molecule has 3 aromatic rings. The first-order valence-corrected chi connectivity index (χ1v) is 9.43. The predicted octanol–water partition coefficient (Wildman–Crippen LogP) is 1.60. The Balaban J connectivity index is 1.33. The van der Waals surface area contributed by atoms with Gasteiger partial charge in [-0.3, -0.25) is 14.5 Å². The lowest BCUT2D eigenvalue weighted by Gasteiger charge is -2.17. The number of aromatic nitrogens is 5. The van der Waals surface area contributed by atoms with Crippen molar-refractivity contribution >= 4 is 11.9 Å². The SMILES string of the molecule is Cn1nccc1CCC(=O)NC1CCN(c2nccc(-c3cccnc3)n2)C1. The standard InChI is InChI=1S/C20H23N7O/c1-26-17(6-11-23-26)4-5-19(28)24-16-8-12-27(14-16)20-22-10-7-18(25-20)15-3-2-9-21-13-15/h2-3,6-7,9-11,13,16H,4-5,8,12,14H2,1H3,(H,24,28). The highest BCUT2D eigenvalue weighted by Crippen LogP contribution is 2.20. The second-order valence-electron chi connectivity index (χ2n) is 6.93. The quantitative estimate of drug-likeness (QED) is 0.702. The summed E-state index contributed by atoms with van der Waals surface area (Å²) in [4.78, 5) is 27.6. The molecule has 28 heavy (non-hydrogen) atoms. The summed E-state index contributed by atoms with van der Waals surface area (Å²) in [5, 5.41) is 7.26. The van der Waals surface area contributed by atoms with Crippen LogP contribution >= 0.6 is 0 Å². The highest BCUT2D eigenvalue weighted by atomic mass is 16.1. The summed E-state index contributed by atoms with van der Waals surface area (Å²) in [6.07, 6.45) is 9.09. The monoisotopic (exact) mass is 377 g/mol. The molecule has 0 bridgehead atoms.